The molecule has 0 saturated carbocycles. The highest BCUT2D eigenvalue weighted by Crippen LogP contribution is 2.56. The Morgan fingerprint density at radius 3 is 2.22 bits per heavy atom. The van der Waals surface area contributed by atoms with Crippen molar-refractivity contribution in [2.75, 3.05) is 26.6 Å². The van der Waals surface area contributed by atoms with Gasteiger partial charge in [0.05, 0.1) is 29.7 Å². The first-order valence-corrected chi connectivity index (χ1v) is 12.9. The molecule has 0 radical (unpaired) electrons. The van der Waals surface area contributed by atoms with Crippen LogP contribution in [0.2, 0.25) is 0 Å². The molecule has 0 bridgehead atoms. The van der Waals surface area contributed by atoms with Gasteiger partial charge in [-0.15, -0.1) is 0 Å². The normalized spacial score (nSPS) is 31.6. The second-order valence-electron chi connectivity index (χ2n) is 9.70. The van der Waals surface area contributed by atoms with E-state index >= 15 is 0 Å². The number of likely N-dealkylation sites (N-methyl/N-ethyl adjacent to an activating group) is 1. The molecule has 0 saturated heterocycles. The number of phenols is 1. The predicted molar refractivity (Wildman–Crippen MR) is 130 cm³/mol. The van der Waals surface area contributed by atoms with Crippen LogP contribution in [-0.2, 0) is 26.4 Å². The molecule has 1 aromatic rings. The van der Waals surface area contributed by atoms with Crippen LogP contribution in [0.4, 0.5) is 0 Å². The lowest BCUT2D eigenvalue weighted by molar-refractivity contribution is -0.151. The highest BCUT2D eigenvalue weighted by molar-refractivity contribution is 7.89. The van der Waals surface area contributed by atoms with Crippen LogP contribution in [0.25, 0.3) is 0 Å². The third-order valence-corrected chi connectivity index (χ3v) is 7.02. The van der Waals surface area contributed by atoms with Crippen LogP contribution in [0.5, 0.6) is 5.75 Å². The van der Waals surface area contributed by atoms with E-state index in [-0.39, 0.29) is 17.5 Å². The summed E-state index contributed by atoms with van der Waals surface area (Å²) in [6.45, 7) is 1.40. The smallest absolute Gasteiger partial charge is 0.255 e. The van der Waals surface area contributed by atoms with Gasteiger partial charge < -0.3 is 35.8 Å². The van der Waals surface area contributed by atoms with Crippen LogP contribution >= 0.6 is 0 Å². The maximum absolute atomic E-state index is 13.3. The lowest BCUT2D eigenvalue weighted by atomic mass is 9.55. The second kappa shape index (κ2) is 9.20. The third kappa shape index (κ3) is 3.89. The van der Waals surface area contributed by atoms with Gasteiger partial charge in [0.1, 0.15) is 22.8 Å². The number of aromatic hydroxyl groups is 1. The molecule has 0 unspecified atom stereocenters. The number of primary amides is 1. The number of carbonyl (C=O) groups is 3. The van der Waals surface area contributed by atoms with Gasteiger partial charge in [0.2, 0.25) is 5.78 Å². The number of ketones is 2. The molecule has 3 aliphatic carbocycles. The number of phenolic OH excluding ortho intramolecular Hbond substituents is 1. The van der Waals surface area contributed by atoms with Crippen LogP contribution in [0.15, 0.2) is 40.9 Å². The van der Waals surface area contributed by atoms with Crippen molar-refractivity contribution in [2.45, 2.75) is 30.6 Å². The number of hydrogen-bond donors (Lipinski definition) is 6. The second-order valence-corrected chi connectivity index (χ2v) is 11.2. The SMILES string of the molecule is CN(C)[C@@H]1C(O)=C(C(N)=O)C(=O)[C@@]2(O)C(O)=C3C(=O)c4c(O)cccc4[C@@](C)(O)[C@H]3C[C@@H]12.C[S+](C)[O-]. The Labute approximate surface area is 210 Å². The number of aliphatic hydroxyl groups is 4. The maximum Gasteiger partial charge on any atom is 0.255 e. The van der Waals surface area contributed by atoms with Gasteiger partial charge in [-0.25, -0.2) is 0 Å². The molecular formula is C24H30N2O9S. The quantitative estimate of drug-likeness (QED) is 0.222. The topological polar surface area (TPSA) is 205 Å². The Morgan fingerprint density at radius 2 is 1.72 bits per heavy atom. The zero-order valence-electron chi connectivity index (χ0n) is 20.5. The van der Waals surface area contributed by atoms with Crippen LogP contribution < -0.4 is 5.73 Å². The van der Waals surface area contributed by atoms with Crippen molar-refractivity contribution in [3.05, 3.63) is 52.0 Å². The zero-order chi connectivity index (χ0) is 27.5. The number of benzene rings is 1. The molecule has 0 aliphatic heterocycles. The van der Waals surface area contributed by atoms with E-state index in [1.54, 1.807) is 12.5 Å². The molecule has 196 valence electrons. The zero-order valence-corrected chi connectivity index (χ0v) is 21.3. The van der Waals surface area contributed by atoms with Crippen LogP contribution in [0, 0.1) is 11.8 Å². The largest absolute Gasteiger partial charge is 0.617 e. The van der Waals surface area contributed by atoms with Gasteiger partial charge in [-0.05, 0) is 39.1 Å². The van der Waals surface area contributed by atoms with Gasteiger partial charge in [0, 0.05) is 17.4 Å². The third-order valence-electron chi connectivity index (χ3n) is 7.02. The molecule has 3 aliphatic rings. The minimum atomic E-state index is -2.75. The molecule has 0 spiro atoms. The summed E-state index contributed by atoms with van der Waals surface area (Å²) in [5, 5.41) is 55.0. The minimum absolute atomic E-state index is 0.135. The van der Waals surface area contributed by atoms with E-state index < -0.39 is 86.1 Å². The molecule has 11 nitrogen and oxygen atoms in total. The maximum atomic E-state index is 13.3. The average molecular weight is 523 g/mol. The minimum Gasteiger partial charge on any atom is -0.617 e. The number of nitrogens with zero attached hydrogens (tertiary/aromatic N) is 1. The van der Waals surface area contributed by atoms with Gasteiger partial charge in [-0.2, -0.15) is 0 Å². The Morgan fingerprint density at radius 1 is 1.17 bits per heavy atom. The Bertz CT molecular complexity index is 1200. The number of carbonyl (C=O) groups excluding carboxylic acids is 3. The summed E-state index contributed by atoms with van der Waals surface area (Å²) in [5.74, 6) is -7.89. The lowest BCUT2D eigenvalue weighted by Crippen LogP contribution is -2.65. The van der Waals surface area contributed by atoms with E-state index in [1.807, 2.05) is 0 Å². The fourth-order valence-corrected chi connectivity index (χ4v) is 5.51. The highest BCUT2D eigenvalue weighted by atomic mass is 32.2. The van der Waals surface area contributed by atoms with Gasteiger partial charge in [-0.3, -0.25) is 19.3 Å². The summed E-state index contributed by atoms with van der Waals surface area (Å²) in [6.07, 6.45) is 3.08. The molecule has 0 aromatic heterocycles. The summed E-state index contributed by atoms with van der Waals surface area (Å²) in [7, 11) is 3.06. The van der Waals surface area contributed by atoms with Gasteiger partial charge >= 0.3 is 0 Å². The molecule has 36 heavy (non-hydrogen) atoms. The van der Waals surface area contributed by atoms with E-state index in [4.69, 9.17) is 5.73 Å². The van der Waals surface area contributed by atoms with Crippen molar-refractivity contribution in [1.29, 1.82) is 0 Å². The van der Waals surface area contributed by atoms with E-state index in [1.165, 1.54) is 44.1 Å². The van der Waals surface area contributed by atoms with Gasteiger partial charge in [0.15, 0.2) is 11.4 Å². The molecule has 0 heterocycles. The van der Waals surface area contributed by atoms with Crippen molar-refractivity contribution in [2.24, 2.45) is 17.6 Å². The average Bonchev–Trinajstić information content (AvgIpc) is 2.73. The number of fused-ring (bicyclic) bond motifs is 3. The van der Waals surface area contributed by atoms with Gasteiger partial charge in [0.25, 0.3) is 5.91 Å². The van der Waals surface area contributed by atoms with Crippen molar-refractivity contribution >= 4 is 28.6 Å². The van der Waals surface area contributed by atoms with Crippen LogP contribution in [0.3, 0.4) is 0 Å². The van der Waals surface area contributed by atoms with Crippen molar-refractivity contribution in [3.8, 4) is 5.75 Å². The first-order valence-electron chi connectivity index (χ1n) is 11.0. The van der Waals surface area contributed by atoms with Crippen molar-refractivity contribution in [3.63, 3.8) is 0 Å². The Balaban J connectivity index is 0.000000840. The lowest BCUT2D eigenvalue weighted by Gasteiger charge is -2.52. The van der Waals surface area contributed by atoms with Crippen LogP contribution in [-0.4, -0.2) is 90.7 Å². The van der Waals surface area contributed by atoms with Crippen molar-refractivity contribution in [1.82, 2.24) is 4.90 Å². The number of rotatable bonds is 2. The van der Waals surface area contributed by atoms with E-state index in [0.717, 1.165) is 0 Å². The first kappa shape index (κ1) is 27.7. The predicted octanol–water partition coefficient (Wildman–Crippen LogP) is -0.220. The summed E-state index contributed by atoms with van der Waals surface area (Å²) in [5.41, 5.74) is -0.654. The molecule has 5 atom stereocenters. The number of nitrogens with two attached hydrogens (primary N) is 1. The van der Waals surface area contributed by atoms with Crippen molar-refractivity contribution < 1.29 is 44.5 Å². The fourth-order valence-electron chi connectivity index (χ4n) is 5.51. The summed E-state index contributed by atoms with van der Waals surface area (Å²) >= 11 is -0.611. The molecule has 1 amide bonds. The molecule has 12 heteroatoms. The van der Waals surface area contributed by atoms with Crippen LogP contribution in [0.1, 0.15) is 29.3 Å². The summed E-state index contributed by atoms with van der Waals surface area (Å²) in [4.78, 5) is 39.9. The Hall–Kier alpha value is -2.90. The monoisotopic (exact) mass is 522 g/mol. The highest BCUT2D eigenvalue weighted by Gasteiger charge is 2.65. The Kier molecular flexibility index (Phi) is 7.07. The first-order chi connectivity index (χ1) is 16.5. The number of Topliss-reactive ketones (excluding diaryl/α,β-unsaturated/α-hetero) is 2. The molecule has 7 N–H and O–H groups in total. The van der Waals surface area contributed by atoms with E-state index in [2.05, 4.69) is 0 Å². The molecule has 1 aromatic carbocycles. The number of hydrogen-bond acceptors (Lipinski definition) is 10. The summed E-state index contributed by atoms with van der Waals surface area (Å²) < 4.78 is 9.56. The van der Waals surface area contributed by atoms with E-state index in [9.17, 15) is 44.5 Å². The molecule has 0 fully saturated rings. The molecule has 4 rings (SSSR count). The molecular weight excluding hydrogens is 492 g/mol. The number of amides is 1. The number of aliphatic hydroxyl groups excluding tert-OH is 2. The fraction of sp³-hybridized carbons (Fsp3) is 0.458. The summed E-state index contributed by atoms with van der Waals surface area (Å²) in [6, 6.07) is 3.05. The van der Waals surface area contributed by atoms with Gasteiger partial charge in [-0.1, -0.05) is 23.3 Å². The van der Waals surface area contributed by atoms with E-state index in [0.29, 0.717) is 0 Å². The standard InChI is InChI=1S/C22H24N2O8.C2H6OS/c1-21(31)8-5-4-6-11(25)12(8)16(26)13-9(21)7-10-15(24(2)3)17(27)14(20(23)30)19(29)22(10,32)18(13)28;1-4(2)3/h4-6,9-10,15,25,27-28,31-32H,7H2,1-3H3,(H2,23,30);1-2H3/t9-,10-,15-,21+,22-;/m0./s1.